The molecule has 0 unspecified atom stereocenters. The van der Waals surface area contributed by atoms with Crippen molar-refractivity contribution >= 4 is 34.5 Å². The summed E-state index contributed by atoms with van der Waals surface area (Å²) in [7, 11) is 0. The maximum absolute atomic E-state index is 11.9. The summed E-state index contributed by atoms with van der Waals surface area (Å²) in [5, 5.41) is 13.4. The van der Waals surface area contributed by atoms with E-state index < -0.39 is 11.0 Å². The van der Waals surface area contributed by atoms with Gasteiger partial charge in [0.2, 0.25) is 0 Å². The van der Waals surface area contributed by atoms with Gasteiger partial charge in [0.15, 0.2) is 0 Å². The van der Waals surface area contributed by atoms with Gasteiger partial charge in [-0.1, -0.05) is 12.1 Å². The third kappa shape index (κ3) is 3.93. The Morgan fingerprint density at radius 1 is 1.50 bits per heavy atom. The summed E-state index contributed by atoms with van der Waals surface area (Å²) in [5.41, 5.74) is 0.887. The Kier molecular flexibility index (Phi) is 4.83. The summed E-state index contributed by atoms with van der Waals surface area (Å²) in [4.78, 5) is 25.7. The highest BCUT2D eigenvalue weighted by atomic mass is 127. The molecule has 1 atom stereocenters. The Morgan fingerprint density at radius 3 is 2.96 bits per heavy atom. The molecule has 9 nitrogen and oxygen atoms in total. The average molecular weight is 444 g/mol. The van der Waals surface area contributed by atoms with Gasteiger partial charge >= 0.3 is 17.9 Å². The van der Waals surface area contributed by atoms with E-state index in [2.05, 4.69) is 32.9 Å². The number of rotatable bonds is 4. The van der Waals surface area contributed by atoms with Crippen molar-refractivity contribution in [1.29, 1.82) is 0 Å². The largest absolute Gasteiger partial charge is 0.445 e. The molecule has 1 aromatic carbocycles. The smallest absolute Gasteiger partial charge is 0.414 e. The van der Waals surface area contributed by atoms with E-state index in [0.717, 1.165) is 9.13 Å². The van der Waals surface area contributed by atoms with Gasteiger partial charge in [-0.3, -0.25) is 4.57 Å². The highest BCUT2D eigenvalue weighted by Gasteiger charge is 2.28. The third-order valence-electron chi connectivity index (χ3n) is 3.35. The summed E-state index contributed by atoms with van der Waals surface area (Å²) in [6.07, 6.45) is 0.709. The Bertz CT molecular complexity index is 761. The fraction of sp³-hybridized carbons (Fsp3) is 0.286. The molecule has 0 fully saturated rings. The number of hydrogen-bond acceptors (Lipinski definition) is 6. The van der Waals surface area contributed by atoms with Gasteiger partial charge < -0.3 is 24.9 Å². The number of halogens is 1. The van der Waals surface area contributed by atoms with E-state index in [1.54, 1.807) is 0 Å². The SMILES string of the molecule is O=C(N[C@@H]1COc2nc([N+](=O)[O-])cn2C1)OCc1ccc(I)cc1. The lowest BCUT2D eigenvalue weighted by molar-refractivity contribution is -0.389. The predicted octanol–water partition coefficient (Wildman–Crippen LogP) is 2.08. The van der Waals surface area contributed by atoms with Crippen molar-refractivity contribution in [2.24, 2.45) is 0 Å². The second-order valence-electron chi connectivity index (χ2n) is 5.15. The van der Waals surface area contributed by atoms with Gasteiger partial charge in [-0.15, -0.1) is 0 Å². The molecule has 10 heteroatoms. The minimum Gasteiger partial charge on any atom is -0.445 e. The number of amides is 1. The number of benzene rings is 1. The molecule has 24 heavy (non-hydrogen) atoms. The van der Waals surface area contributed by atoms with Crippen LogP contribution in [0.25, 0.3) is 0 Å². The number of imidazole rings is 1. The van der Waals surface area contributed by atoms with E-state index in [-0.39, 0.29) is 31.1 Å². The fourth-order valence-electron chi connectivity index (χ4n) is 2.21. The number of nitrogens with one attached hydrogen (secondary N) is 1. The summed E-state index contributed by atoms with van der Waals surface area (Å²) in [6, 6.07) is 7.45. The number of nitrogens with zero attached hydrogens (tertiary/aromatic N) is 3. The second kappa shape index (κ2) is 7.03. The van der Waals surface area contributed by atoms with Crippen LogP contribution < -0.4 is 10.1 Å². The maximum atomic E-state index is 11.9. The molecule has 1 aliphatic heterocycles. The number of carbonyl (C=O) groups is 1. The first-order chi connectivity index (χ1) is 11.5. The van der Waals surface area contributed by atoms with E-state index in [0.29, 0.717) is 6.54 Å². The third-order valence-corrected chi connectivity index (χ3v) is 4.07. The second-order valence-corrected chi connectivity index (χ2v) is 6.39. The van der Waals surface area contributed by atoms with Crippen molar-refractivity contribution in [2.75, 3.05) is 6.61 Å². The molecule has 126 valence electrons. The van der Waals surface area contributed by atoms with Crippen molar-refractivity contribution < 1.29 is 19.2 Å². The number of fused-ring (bicyclic) bond motifs is 1. The Balaban J connectivity index is 1.51. The normalized spacial score (nSPS) is 16.0. The molecule has 0 saturated heterocycles. The number of hydrogen-bond donors (Lipinski definition) is 1. The zero-order chi connectivity index (χ0) is 17.1. The van der Waals surface area contributed by atoms with Gasteiger partial charge in [0, 0.05) is 8.55 Å². The van der Waals surface area contributed by atoms with Crippen LogP contribution in [0.3, 0.4) is 0 Å². The molecular formula is C14H13IN4O5. The van der Waals surface area contributed by atoms with Crippen LogP contribution >= 0.6 is 22.6 Å². The van der Waals surface area contributed by atoms with Crippen LogP contribution in [-0.2, 0) is 17.9 Å². The number of nitro groups is 1. The minimum absolute atomic E-state index is 0.165. The van der Waals surface area contributed by atoms with Crippen molar-refractivity contribution in [3.8, 4) is 6.01 Å². The summed E-state index contributed by atoms with van der Waals surface area (Å²) < 4.78 is 13.1. The molecule has 0 aliphatic carbocycles. The van der Waals surface area contributed by atoms with Gasteiger partial charge in [-0.25, -0.2) is 4.79 Å². The van der Waals surface area contributed by atoms with Crippen LogP contribution in [0.15, 0.2) is 30.5 Å². The monoisotopic (exact) mass is 444 g/mol. The lowest BCUT2D eigenvalue weighted by Gasteiger charge is -2.22. The molecule has 2 aromatic rings. The molecule has 1 aliphatic rings. The Labute approximate surface area is 150 Å². The molecule has 2 heterocycles. The molecule has 1 amide bonds. The summed E-state index contributed by atoms with van der Waals surface area (Å²) in [5.74, 6) is -0.285. The number of carbonyl (C=O) groups excluding carboxylic acids is 1. The van der Waals surface area contributed by atoms with E-state index in [9.17, 15) is 14.9 Å². The minimum atomic E-state index is -0.591. The Morgan fingerprint density at radius 2 is 2.25 bits per heavy atom. The topological polar surface area (TPSA) is 109 Å². The van der Waals surface area contributed by atoms with Gasteiger partial charge in [-0.05, 0) is 45.2 Å². The van der Waals surface area contributed by atoms with Crippen LogP contribution in [0.5, 0.6) is 6.01 Å². The van der Waals surface area contributed by atoms with Crippen LogP contribution in [0.1, 0.15) is 5.56 Å². The van der Waals surface area contributed by atoms with E-state index in [1.165, 1.54) is 10.8 Å². The highest BCUT2D eigenvalue weighted by Crippen LogP contribution is 2.21. The molecule has 1 aromatic heterocycles. The lowest BCUT2D eigenvalue weighted by Crippen LogP contribution is -2.44. The zero-order valence-corrected chi connectivity index (χ0v) is 14.5. The maximum Gasteiger partial charge on any atom is 0.414 e. The van der Waals surface area contributed by atoms with Crippen molar-refractivity contribution in [1.82, 2.24) is 14.9 Å². The van der Waals surface area contributed by atoms with Crippen LogP contribution in [0, 0.1) is 13.7 Å². The van der Waals surface area contributed by atoms with Crippen LogP contribution in [-0.4, -0.2) is 33.2 Å². The van der Waals surface area contributed by atoms with E-state index in [4.69, 9.17) is 9.47 Å². The van der Waals surface area contributed by atoms with Gasteiger partial charge in [0.25, 0.3) is 0 Å². The standard InChI is InChI=1S/C14H13IN4O5/c15-10-3-1-9(2-4-10)7-24-14(20)16-11-5-18-6-12(19(21)22)17-13(18)23-8-11/h1-4,6,11H,5,7-8H2,(H,16,20)/t11-/m0/s1. The van der Waals surface area contributed by atoms with Crippen LogP contribution in [0.2, 0.25) is 0 Å². The van der Waals surface area contributed by atoms with Gasteiger partial charge in [-0.2, -0.15) is 0 Å². The van der Waals surface area contributed by atoms with Crippen molar-refractivity contribution in [3.63, 3.8) is 0 Å². The van der Waals surface area contributed by atoms with Crippen molar-refractivity contribution in [3.05, 3.63) is 49.7 Å². The summed E-state index contributed by atoms with van der Waals surface area (Å²) in [6.45, 7) is 0.666. The molecular weight excluding hydrogens is 431 g/mol. The molecule has 3 rings (SSSR count). The molecule has 0 saturated carbocycles. The zero-order valence-electron chi connectivity index (χ0n) is 12.3. The molecule has 0 bridgehead atoms. The first-order valence-electron chi connectivity index (χ1n) is 7.03. The quantitative estimate of drug-likeness (QED) is 0.440. The van der Waals surface area contributed by atoms with Crippen molar-refractivity contribution in [2.45, 2.75) is 19.2 Å². The van der Waals surface area contributed by atoms with E-state index >= 15 is 0 Å². The van der Waals surface area contributed by atoms with Gasteiger partial charge in [0.05, 0.1) is 12.6 Å². The van der Waals surface area contributed by atoms with Crippen LogP contribution in [0.4, 0.5) is 10.6 Å². The number of aromatic nitrogens is 2. The first kappa shape index (κ1) is 16.5. The molecule has 0 radical (unpaired) electrons. The number of ether oxygens (including phenoxy) is 2. The predicted molar refractivity (Wildman–Crippen MR) is 90.6 cm³/mol. The lowest BCUT2D eigenvalue weighted by atomic mass is 10.2. The van der Waals surface area contributed by atoms with E-state index in [1.807, 2.05) is 24.3 Å². The fourth-order valence-corrected chi connectivity index (χ4v) is 2.57. The average Bonchev–Trinajstić information content (AvgIpc) is 2.98. The first-order valence-corrected chi connectivity index (χ1v) is 8.11. The summed E-state index contributed by atoms with van der Waals surface area (Å²) >= 11 is 2.20. The molecule has 1 N–H and O–H groups in total. The molecule has 0 spiro atoms. The Hall–Kier alpha value is -2.37. The number of alkyl carbamates (subject to hydrolysis) is 1. The highest BCUT2D eigenvalue weighted by molar-refractivity contribution is 14.1. The van der Waals surface area contributed by atoms with Gasteiger partial charge in [0.1, 0.15) is 19.4 Å².